The highest BCUT2D eigenvalue weighted by atomic mass is 15.3. The van der Waals surface area contributed by atoms with Crippen LogP contribution in [0.2, 0.25) is 0 Å². The van der Waals surface area contributed by atoms with Crippen molar-refractivity contribution >= 4 is 10.9 Å². The minimum atomic E-state index is 0.546. The number of nitrogens with zero attached hydrogens (tertiary/aromatic N) is 5. The van der Waals surface area contributed by atoms with Crippen LogP contribution in [0, 0.1) is 0 Å². The molecular weight excluding hydrogens is 264 g/mol. The van der Waals surface area contributed by atoms with E-state index in [1.165, 1.54) is 23.8 Å². The summed E-state index contributed by atoms with van der Waals surface area (Å²) in [5.74, 6) is 0. The Morgan fingerprint density at radius 1 is 1.33 bits per heavy atom. The predicted octanol–water partition coefficient (Wildman–Crippen LogP) is 1.82. The second-order valence-electron chi connectivity index (χ2n) is 5.68. The number of aromatic nitrogens is 5. The molecule has 3 heterocycles. The molecule has 1 N–H and O–H groups in total. The smallest absolute Gasteiger partial charge is 0.137 e. The average molecular weight is 282 g/mol. The topological polar surface area (TPSA) is 62.6 Å². The normalized spacial score (nSPS) is 19.5. The first-order chi connectivity index (χ1) is 10.4. The fraction of sp³-hybridized carbons (Fsp3) is 0.400. The third kappa shape index (κ3) is 2.54. The Balaban J connectivity index is 1.49. The van der Waals surface area contributed by atoms with Crippen molar-refractivity contribution in [3.05, 3.63) is 42.6 Å². The highest BCUT2D eigenvalue weighted by molar-refractivity contribution is 5.78. The number of H-pyrrole nitrogens is 1. The van der Waals surface area contributed by atoms with Gasteiger partial charge in [-0.2, -0.15) is 10.2 Å². The molecule has 1 aliphatic heterocycles. The molecular formula is C15H18N6. The molecule has 0 aliphatic carbocycles. The van der Waals surface area contributed by atoms with Crippen molar-refractivity contribution in [1.29, 1.82) is 0 Å². The van der Waals surface area contributed by atoms with Gasteiger partial charge in [0.1, 0.15) is 12.7 Å². The molecule has 1 fully saturated rings. The lowest BCUT2D eigenvalue weighted by Gasteiger charge is -2.24. The second kappa shape index (κ2) is 5.29. The van der Waals surface area contributed by atoms with Gasteiger partial charge in [0.2, 0.25) is 0 Å². The lowest BCUT2D eigenvalue weighted by Crippen LogP contribution is -2.32. The van der Waals surface area contributed by atoms with Crippen LogP contribution in [-0.4, -0.2) is 42.4 Å². The molecule has 2 aromatic heterocycles. The number of rotatable bonds is 4. The number of hydrogen-bond donors (Lipinski definition) is 1. The standard InChI is InChI=1S/C15H18N6/c1-2-14(9-21-11-16-10-18-21)20(5-1)8-12-3-4-13-7-17-19-15(13)6-12/h3-4,6-7,10-11,14H,1-2,5,8-9H2,(H,17,19). The molecule has 108 valence electrons. The number of fused-ring (bicyclic) bond motifs is 1. The molecule has 0 saturated carbocycles. The summed E-state index contributed by atoms with van der Waals surface area (Å²) >= 11 is 0. The van der Waals surface area contributed by atoms with Crippen molar-refractivity contribution < 1.29 is 0 Å². The van der Waals surface area contributed by atoms with Crippen molar-refractivity contribution in [2.24, 2.45) is 0 Å². The first kappa shape index (κ1) is 12.5. The summed E-state index contributed by atoms with van der Waals surface area (Å²) in [4.78, 5) is 6.56. The molecule has 1 saturated heterocycles. The minimum absolute atomic E-state index is 0.546. The van der Waals surface area contributed by atoms with E-state index in [1.807, 2.05) is 10.9 Å². The molecule has 4 rings (SSSR count). The van der Waals surface area contributed by atoms with Crippen molar-refractivity contribution in [2.75, 3.05) is 6.54 Å². The van der Waals surface area contributed by atoms with Crippen LogP contribution in [0.3, 0.4) is 0 Å². The summed E-state index contributed by atoms with van der Waals surface area (Å²) in [5, 5.41) is 12.5. The zero-order valence-corrected chi connectivity index (χ0v) is 11.8. The summed E-state index contributed by atoms with van der Waals surface area (Å²) in [6.07, 6.45) is 7.75. The van der Waals surface area contributed by atoms with Crippen molar-refractivity contribution in [3.8, 4) is 0 Å². The largest absolute Gasteiger partial charge is 0.294 e. The maximum atomic E-state index is 4.22. The third-order valence-corrected chi connectivity index (χ3v) is 4.26. The highest BCUT2D eigenvalue weighted by Crippen LogP contribution is 2.22. The van der Waals surface area contributed by atoms with Gasteiger partial charge in [-0.15, -0.1) is 0 Å². The van der Waals surface area contributed by atoms with Gasteiger partial charge < -0.3 is 0 Å². The number of benzene rings is 1. The Hall–Kier alpha value is -2.21. The lowest BCUT2D eigenvalue weighted by atomic mass is 10.1. The van der Waals surface area contributed by atoms with Gasteiger partial charge in [0, 0.05) is 18.0 Å². The van der Waals surface area contributed by atoms with Gasteiger partial charge in [-0.1, -0.05) is 12.1 Å². The van der Waals surface area contributed by atoms with Crippen molar-refractivity contribution in [3.63, 3.8) is 0 Å². The van der Waals surface area contributed by atoms with Gasteiger partial charge >= 0.3 is 0 Å². The Labute approximate surface area is 122 Å². The summed E-state index contributed by atoms with van der Waals surface area (Å²) in [5.41, 5.74) is 2.44. The van der Waals surface area contributed by atoms with Gasteiger partial charge in [0.05, 0.1) is 18.3 Å². The van der Waals surface area contributed by atoms with Gasteiger partial charge in [-0.25, -0.2) is 4.98 Å². The van der Waals surface area contributed by atoms with Crippen LogP contribution in [-0.2, 0) is 13.1 Å². The SMILES string of the molecule is c1ncn(CC2CCCN2Cc2ccc3cn[nH]c3c2)n1. The molecule has 21 heavy (non-hydrogen) atoms. The number of likely N-dealkylation sites (tertiary alicyclic amines) is 1. The number of aromatic amines is 1. The van der Waals surface area contributed by atoms with E-state index in [2.05, 4.69) is 43.4 Å². The van der Waals surface area contributed by atoms with Crippen molar-refractivity contribution in [2.45, 2.75) is 32.0 Å². The van der Waals surface area contributed by atoms with Crippen LogP contribution in [0.25, 0.3) is 10.9 Å². The van der Waals surface area contributed by atoms with Crippen molar-refractivity contribution in [1.82, 2.24) is 29.9 Å². The van der Waals surface area contributed by atoms with Crippen LogP contribution in [0.1, 0.15) is 18.4 Å². The predicted molar refractivity (Wildman–Crippen MR) is 79.5 cm³/mol. The molecule has 1 atom stereocenters. The summed E-state index contributed by atoms with van der Waals surface area (Å²) in [6, 6.07) is 7.08. The van der Waals surface area contributed by atoms with E-state index >= 15 is 0 Å². The van der Waals surface area contributed by atoms with E-state index in [4.69, 9.17) is 0 Å². The molecule has 1 aromatic carbocycles. The minimum Gasteiger partial charge on any atom is -0.294 e. The Morgan fingerprint density at radius 3 is 3.24 bits per heavy atom. The molecule has 6 heteroatoms. The second-order valence-corrected chi connectivity index (χ2v) is 5.68. The van der Waals surface area contributed by atoms with Crippen LogP contribution in [0.4, 0.5) is 0 Å². The fourth-order valence-electron chi connectivity index (χ4n) is 3.17. The summed E-state index contributed by atoms with van der Waals surface area (Å²) < 4.78 is 1.93. The van der Waals surface area contributed by atoms with E-state index in [0.717, 1.165) is 25.2 Å². The Morgan fingerprint density at radius 2 is 2.33 bits per heavy atom. The highest BCUT2D eigenvalue weighted by Gasteiger charge is 2.25. The molecule has 6 nitrogen and oxygen atoms in total. The van der Waals surface area contributed by atoms with E-state index in [-0.39, 0.29) is 0 Å². The number of nitrogens with one attached hydrogen (secondary N) is 1. The lowest BCUT2D eigenvalue weighted by molar-refractivity contribution is 0.219. The average Bonchev–Trinajstić information content (AvgIpc) is 3.22. The van der Waals surface area contributed by atoms with E-state index in [0.29, 0.717) is 6.04 Å². The fourth-order valence-corrected chi connectivity index (χ4v) is 3.17. The maximum Gasteiger partial charge on any atom is 0.137 e. The molecule has 0 bridgehead atoms. The molecule has 0 radical (unpaired) electrons. The van der Waals surface area contributed by atoms with Crippen LogP contribution in [0.15, 0.2) is 37.1 Å². The van der Waals surface area contributed by atoms with Gasteiger partial charge in [-0.3, -0.25) is 14.7 Å². The van der Waals surface area contributed by atoms with Crippen LogP contribution < -0.4 is 0 Å². The van der Waals surface area contributed by atoms with E-state index < -0.39 is 0 Å². The molecule has 1 unspecified atom stereocenters. The van der Waals surface area contributed by atoms with Gasteiger partial charge in [0.25, 0.3) is 0 Å². The third-order valence-electron chi connectivity index (χ3n) is 4.26. The van der Waals surface area contributed by atoms with E-state index in [9.17, 15) is 0 Å². The zero-order chi connectivity index (χ0) is 14.1. The van der Waals surface area contributed by atoms with E-state index in [1.54, 1.807) is 12.7 Å². The summed E-state index contributed by atoms with van der Waals surface area (Å²) in [6.45, 7) is 3.06. The molecule has 0 spiro atoms. The quantitative estimate of drug-likeness (QED) is 0.793. The number of hydrogen-bond acceptors (Lipinski definition) is 4. The first-order valence-corrected chi connectivity index (χ1v) is 7.37. The Kier molecular flexibility index (Phi) is 3.16. The van der Waals surface area contributed by atoms with Gasteiger partial charge in [0.15, 0.2) is 0 Å². The first-order valence-electron chi connectivity index (χ1n) is 7.37. The maximum absolute atomic E-state index is 4.22. The summed E-state index contributed by atoms with van der Waals surface area (Å²) in [7, 11) is 0. The molecule has 3 aromatic rings. The van der Waals surface area contributed by atoms with Gasteiger partial charge in [-0.05, 0) is 31.0 Å². The van der Waals surface area contributed by atoms with Crippen LogP contribution >= 0.6 is 0 Å². The van der Waals surface area contributed by atoms with Crippen LogP contribution in [0.5, 0.6) is 0 Å². The Bertz CT molecular complexity index is 717. The molecule has 1 aliphatic rings. The monoisotopic (exact) mass is 282 g/mol. The zero-order valence-electron chi connectivity index (χ0n) is 11.8. The molecule has 0 amide bonds.